The Hall–Kier alpha value is -2.70. The first-order chi connectivity index (χ1) is 13.2. The molecule has 5 rings (SSSR count). The second-order valence-electron chi connectivity index (χ2n) is 7.85. The topological polar surface area (TPSA) is 82.2 Å². The average molecular weight is 365 g/mol. The monoisotopic (exact) mass is 365 g/mol. The highest BCUT2D eigenvalue weighted by Crippen LogP contribution is 2.42. The molecular formula is C20H23N5O2. The number of H-pyrrole nitrogens is 1. The number of aromatic amines is 1. The molecule has 27 heavy (non-hydrogen) atoms. The molecule has 7 nitrogen and oxygen atoms in total. The predicted molar refractivity (Wildman–Crippen MR) is 97.4 cm³/mol. The molecule has 2 amide bonds. The Kier molecular flexibility index (Phi) is 3.95. The molecule has 1 N–H and O–H groups in total. The lowest BCUT2D eigenvalue weighted by Gasteiger charge is -2.29. The molecule has 4 heterocycles. The Bertz CT molecular complexity index is 874. The summed E-state index contributed by atoms with van der Waals surface area (Å²) in [5.41, 5.74) is 4.41. The molecule has 1 saturated heterocycles. The number of aromatic nitrogens is 3. The summed E-state index contributed by atoms with van der Waals surface area (Å²) in [6.45, 7) is 2.28. The van der Waals surface area contributed by atoms with E-state index in [1.54, 1.807) is 11.1 Å². The van der Waals surface area contributed by atoms with Gasteiger partial charge >= 0.3 is 0 Å². The fourth-order valence-corrected chi connectivity index (χ4v) is 4.24. The molecule has 3 aliphatic rings. The van der Waals surface area contributed by atoms with Crippen LogP contribution in [0.5, 0.6) is 0 Å². The second-order valence-corrected chi connectivity index (χ2v) is 7.85. The number of rotatable bonds is 4. The number of likely N-dealkylation sites (tertiary alicyclic amines) is 1. The van der Waals surface area contributed by atoms with Gasteiger partial charge in [0.05, 0.1) is 23.9 Å². The fourth-order valence-electron chi connectivity index (χ4n) is 4.24. The number of hydrogen-bond acceptors (Lipinski definition) is 4. The highest BCUT2D eigenvalue weighted by molar-refractivity contribution is 5.89. The first kappa shape index (κ1) is 16.5. The minimum Gasteiger partial charge on any atom is -0.338 e. The van der Waals surface area contributed by atoms with E-state index in [1.165, 1.54) is 24.1 Å². The van der Waals surface area contributed by atoms with Crippen molar-refractivity contribution in [3.05, 3.63) is 47.0 Å². The smallest absolute Gasteiger partial charge is 0.228 e. The van der Waals surface area contributed by atoms with E-state index < -0.39 is 0 Å². The van der Waals surface area contributed by atoms with Crippen LogP contribution in [0.3, 0.4) is 0 Å². The lowest BCUT2D eigenvalue weighted by atomic mass is 10.0. The molecule has 2 aromatic heterocycles. The lowest BCUT2D eigenvalue weighted by Crippen LogP contribution is -2.40. The summed E-state index contributed by atoms with van der Waals surface area (Å²) in [5, 5.41) is 7.65. The zero-order valence-electron chi connectivity index (χ0n) is 15.2. The number of amides is 2. The molecule has 0 bridgehead atoms. The van der Waals surface area contributed by atoms with Gasteiger partial charge in [0, 0.05) is 55.8 Å². The van der Waals surface area contributed by atoms with Gasteiger partial charge in [0.1, 0.15) is 0 Å². The summed E-state index contributed by atoms with van der Waals surface area (Å²) >= 11 is 0. The highest BCUT2D eigenvalue weighted by atomic mass is 16.2. The van der Waals surface area contributed by atoms with Gasteiger partial charge in [-0.05, 0) is 25.0 Å². The van der Waals surface area contributed by atoms with E-state index in [4.69, 9.17) is 0 Å². The third-order valence-corrected chi connectivity index (χ3v) is 5.88. The predicted octanol–water partition coefficient (Wildman–Crippen LogP) is 1.62. The van der Waals surface area contributed by atoms with Crippen molar-refractivity contribution < 1.29 is 9.59 Å². The zero-order chi connectivity index (χ0) is 18.4. The van der Waals surface area contributed by atoms with Crippen molar-refractivity contribution in [2.75, 3.05) is 13.1 Å². The maximum atomic E-state index is 13.1. The fraction of sp³-hybridized carbons (Fsp3) is 0.500. The normalized spacial score (nSPS) is 22.2. The van der Waals surface area contributed by atoms with Gasteiger partial charge in [0.2, 0.25) is 11.8 Å². The number of fused-ring (bicyclic) bond motifs is 1. The molecule has 1 atom stereocenters. The van der Waals surface area contributed by atoms with Crippen LogP contribution in [0.15, 0.2) is 24.4 Å². The highest BCUT2D eigenvalue weighted by Gasteiger charge is 2.39. The molecule has 7 heteroatoms. The average Bonchev–Trinajstić information content (AvgIpc) is 3.35. The van der Waals surface area contributed by atoms with E-state index in [2.05, 4.69) is 15.2 Å². The van der Waals surface area contributed by atoms with Crippen molar-refractivity contribution in [1.29, 1.82) is 0 Å². The molecule has 2 aromatic rings. The zero-order valence-corrected chi connectivity index (χ0v) is 15.2. The van der Waals surface area contributed by atoms with E-state index >= 15 is 0 Å². The largest absolute Gasteiger partial charge is 0.338 e. The molecule has 2 fully saturated rings. The van der Waals surface area contributed by atoms with Crippen LogP contribution < -0.4 is 0 Å². The van der Waals surface area contributed by atoms with Gasteiger partial charge in [-0.25, -0.2) is 0 Å². The van der Waals surface area contributed by atoms with Crippen LogP contribution in [0.4, 0.5) is 0 Å². The van der Waals surface area contributed by atoms with Gasteiger partial charge in [-0.3, -0.25) is 19.7 Å². The van der Waals surface area contributed by atoms with Crippen molar-refractivity contribution in [3.8, 4) is 0 Å². The summed E-state index contributed by atoms with van der Waals surface area (Å²) in [7, 11) is 0. The minimum atomic E-state index is -0.251. The number of nitrogens with one attached hydrogen (secondary N) is 1. The maximum absolute atomic E-state index is 13.1. The van der Waals surface area contributed by atoms with E-state index in [0.29, 0.717) is 38.5 Å². The van der Waals surface area contributed by atoms with Crippen LogP contribution in [0.2, 0.25) is 0 Å². The van der Waals surface area contributed by atoms with Crippen LogP contribution >= 0.6 is 0 Å². The van der Waals surface area contributed by atoms with Crippen molar-refractivity contribution in [1.82, 2.24) is 25.0 Å². The molecular weight excluding hydrogens is 342 g/mol. The molecule has 2 aliphatic heterocycles. The van der Waals surface area contributed by atoms with E-state index in [1.807, 2.05) is 23.1 Å². The standard InChI is InChI=1S/C20H23N5O2/c26-18-9-14(10-25(18)11-15-3-1-2-7-21-15)20(27)24-8-6-17-16(12-24)19(23-22-17)13-4-5-13/h1-3,7,13-14H,4-6,8-12H2,(H,22,23). The molecule has 0 radical (unpaired) electrons. The number of carbonyl (C=O) groups excluding carboxylic acids is 2. The number of nitrogens with zero attached hydrogens (tertiary/aromatic N) is 4. The minimum absolute atomic E-state index is 0.0404. The second kappa shape index (κ2) is 6.48. The summed E-state index contributed by atoms with van der Waals surface area (Å²) < 4.78 is 0. The van der Waals surface area contributed by atoms with Crippen LogP contribution in [0, 0.1) is 5.92 Å². The summed E-state index contributed by atoms with van der Waals surface area (Å²) in [6.07, 6.45) is 5.25. The van der Waals surface area contributed by atoms with Crippen LogP contribution in [-0.2, 0) is 29.1 Å². The first-order valence-electron chi connectivity index (χ1n) is 9.71. The quantitative estimate of drug-likeness (QED) is 0.893. The molecule has 140 valence electrons. The van der Waals surface area contributed by atoms with Gasteiger partial charge in [0.15, 0.2) is 0 Å². The van der Waals surface area contributed by atoms with Gasteiger partial charge in [-0.2, -0.15) is 5.10 Å². The van der Waals surface area contributed by atoms with Crippen molar-refractivity contribution in [2.45, 2.75) is 44.7 Å². The van der Waals surface area contributed by atoms with Crippen molar-refractivity contribution in [3.63, 3.8) is 0 Å². The first-order valence-corrected chi connectivity index (χ1v) is 9.71. The Labute approximate surface area is 157 Å². The number of carbonyl (C=O) groups is 2. The molecule has 0 aromatic carbocycles. The van der Waals surface area contributed by atoms with Crippen molar-refractivity contribution >= 4 is 11.8 Å². The van der Waals surface area contributed by atoms with Gasteiger partial charge < -0.3 is 9.80 Å². The number of pyridine rings is 1. The number of hydrogen-bond donors (Lipinski definition) is 1. The summed E-state index contributed by atoms with van der Waals surface area (Å²) in [5.74, 6) is 0.458. The summed E-state index contributed by atoms with van der Waals surface area (Å²) in [4.78, 5) is 33.4. The Morgan fingerprint density at radius 1 is 1.30 bits per heavy atom. The van der Waals surface area contributed by atoms with Crippen LogP contribution in [0.1, 0.15) is 47.8 Å². The lowest BCUT2D eigenvalue weighted by molar-refractivity contribution is -0.136. The van der Waals surface area contributed by atoms with E-state index in [0.717, 1.165) is 17.8 Å². The Balaban J connectivity index is 1.26. The maximum Gasteiger partial charge on any atom is 0.228 e. The van der Waals surface area contributed by atoms with E-state index in [-0.39, 0.29) is 17.7 Å². The third-order valence-electron chi connectivity index (χ3n) is 5.88. The van der Waals surface area contributed by atoms with Gasteiger partial charge in [0.25, 0.3) is 0 Å². The van der Waals surface area contributed by atoms with Crippen LogP contribution in [-0.4, -0.2) is 49.9 Å². The van der Waals surface area contributed by atoms with Crippen LogP contribution in [0.25, 0.3) is 0 Å². The van der Waals surface area contributed by atoms with Crippen molar-refractivity contribution in [2.24, 2.45) is 5.92 Å². The van der Waals surface area contributed by atoms with Gasteiger partial charge in [-0.1, -0.05) is 6.07 Å². The van der Waals surface area contributed by atoms with Gasteiger partial charge in [-0.15, -0.1) is 0 Å². The molecule has 0 spiro atoms. The Morgan fingerprint density at radius 2 is 2.19 bits per heavy atom. The molecule has 1 aliphatic carbocycles. The van der Waals surface area contributed by atoms with E-state index in [9.17, 15) is 9.59 Å². The molecule has 1 saturated carbocycles. The molecule has 1 unspecified atom stereocenters. The summed E-state index contributed by atoms with van der Waals surface area (Å²) in [6, 6.07) is 5.68. The Morgan fingerprint density at radius 3 is 2.96 bits per heavy atom. The SMILES string of the molecule is O=C1CC(C(=O)N2CCc3[nH]nc(C4CC4)c3C2)CN1Cc1ccccn1. The third kappa shape index (κ3) is 3.11.